The van der Waals surface area contributed by atoms with Crippen LogP contribution in [0.25, 0.3) is 0 Å². The maximum Gasteiger partial charge on any atom is 0.408 e. The van der Waals surface area contributed by atoms with Crippen LogP contribution in [-0.4, -0.2) is 70.1 Å². The molecule has 2 atom stereocenters. The molecule has 0 aromatic heterocycles. The number of phenols is 1. The number of carbonyl (C=O) groups is 5. The zero-order valence-corrected chi connectivity index (χ0v) is 24.0. The number of para-hydroxylation sites is 1. The van der Waals surface area contributed by atoms with E-state index in [1.807, 2.05) is 0 Å². The molecule has 4 amide bonds. The standard InChI is InChI=1S/C27H42N4O8/c1-9-38-20(33)13-14-29-23(35)21(17-12-10-11-16(2)22(17)34)31(26(3,4)5)24(36)18(15-19(28)32)30-25(37)39-27(6,7)8/h10-12,18,21,34H,9,13-15H2,1-8H3,(H2,28,32)(H,29,35)(H,30,37). The van der Waals surface area contributed by atoms with Crippen molar-refractivity contribution in [2.45, 2.75) is 91.5 Å². The molecule has 0 fully saturated rings. The van der Waals surface area contributed by atoms with E-state index in [9.17, 15) is 29.1 Å². The number of aromatic hydroxyl groups is 1. The second-order valence-electron chi connectivity index (χ2n) is 11.0. The number of esters is 1. The predicted octanol–water partition coefficient (Wildman–Crippen LogP) is 2.21. The lowest BCUT2D eigenvalue weighted by atomic mass is 9.93. The predicted molar refractivity (Wildman–Crippen MR) is 143 cm³/mol. The van der Waals surface area contributed by atoms with Crippen LogP contribution in [0.15, 0.2) is 18.2 Å². The van der Waals surface area contributed by atoms with Gasteiger partial charge >= 0.3 is 12.1 Å². The summed E-state index contributed by atoms with van der Waals surface area (Å²) < 4.78 is 10.1. The van der Waals surface area contributed by atoms with E-state index in [1.54, 1.807) is 67.5 Å². The Hall–Kier alpha value is -3.83. The van der Waals surface area contributed by atoms with Crippen molar-refractivity contribution < 1.29 is 38.6 Å². The molecule has 0 heterocycles. The van der Waals surface area contributed by atoms with Crippen molar-refractivity contribution in [3.05, 3.63) is 29.3 Å². The van der Waals surface area contributed by atoms with Crippen molar-refractivity contribution in [1.82, 2.24) is 15.5 Å². The van der Waals surface area contributed by atoms with Gasteiger partial charge in [-0.15, -0.1) is 0 Å². The van der Waals surface area contributed by atoms with Gasteiger partial charge < -0.3 is 35.8 Å². The second kappa shape index (κ2) is 13.8. The van der Waals surface area contributed by atoms with E-state index in [0.29, 0.717) is 5.56 Å². The van der Waals surface area contributed by atoms with Gasteiger partial charge in [0.2, 0.25) is 17.7 Å². The Labute approximate surface area is 229 Å². The number of nitrogens with zero attached hydrogens (tertiary/aromatic N) is 1. The van der Waals surface area contributed by atoms with E-state index in [4.69, 9.17) is 15.2 Å². The average molecular weight is 551 g/mol. The minimum Gasteiger partial charge on any atom is -0.507 e. The number of ether oxygens (including phenoxy) is 2. The molecule has 1 aromatic rings. The Morgan fingerprint density at radius 3 is 2.21 bits per heavy atom. The van der Waals surface area contributed by atoms with Crippen molar-refractivity contribution in [3.8, 4) is 5.75 Å². The van der Waals surface area contributed by atoms with Gasteiger partial charge in [-0.2, -0.15) is 0 Å². The number of aryl methyl sites for hydroxylation is 1. The van der Waals surface area contributed by atoms with Crippen LogP contribution in [0.3, 0.4) is 0 Å². The molecule has 1 aromatic carbocycles. The molecule has 5 N–H and O–H groups in total. The maximum absolute atomic E-state index is 14.0. The van der Waals surface area contributed by atoms with E-state index in [0.717, 1.165) is 0 Å². The van der Waals surface area contributed by atoms with Crippen molar-refractivity contribution in [1.29, 1.82) is 0 Å². The summed E-state index contributed by atoms with van der Waals surface area (Å²) in [6.45, 7) is 13.3. The lowest BCUT2D eigenvalue weighted by Crippen LogP contribution is -2.59. The van der Waals surface area contributed by atoms with Crippen molar-refractivity contribution >= 4 is 29.8 Å². The summed E-state index contributed by atoms with van der Waals surface area (Å²) in [5.74, 6) is -3.10. The van der Waals surface area contributed by atoms with Gasteiger partial charge in [-0.3, -0.25) is 19.2 Å². The average Bonchev–Trinajstić information content (AvgIpc) is 2.76. The highest BCUT2D eigenvalue weighted by molar-refractivity contribution is 5.95. The molecule has 0 aliphatic heterocycles. The second-order valence-corrected chi connectivity index (χ2v) is 11.0. The number of amides is 4. The van der Waals surface area contributed by atoms with E-state index < -0.39 is 59.4 Å². The van der Waals surface area contributed by atoms with Crippen LogP contribution in [0, 0.1) is 6.92 Å². The third-order valence-electron chi connectivity index (χ3n) is 5.36. The Balaban J connectivity index is 3.58. The Morgan fingerprint density at radius 2 is 1.69 bits per heavy atom. The van der Waals surface area contributed by atoms with Gasteiger partial charge in [-0.25, -0.2) is 4.79 Å². The van der Waals surface area contributed by atoms with Crippen LogP contribution in [0.1, 0.15) is 78.5 Å². The fraction of sp³-hybridized carbons (Fsp3) is 0.593. The molecule has 0 aliphatic carbocycles. The first-order chi connectivity index (χ1) is 17.9. The molecule has 0 radical (unpaired) electrons. The maximum atomic E-state index is 14.0. The monoisotopic (exact) mass is 550 g/mol. The molecule has 0 saturated carbocycles. The van der Waals surface area contributed by atoms with Gasteiger partial charge in [-0.1, -0.05) is 18.2 Å². The van der Waals surface area contributed by atoms with E-state index in [2.05, 4.69) is 10.6 Å². The van der Waals surface area contributed by atoms with E-state index >= 15 is 0 Å². The quantitative estimate of drug-likeness (QED) is 0.303. The molecule has 39 heavy (non-hydrogen) atoms. The molecule has 0 aliphatic rings. The number of rotatable bonds is 11. The van der Waals surface area contributed by atoms with E-state index in [1.165, 1.54) is 11.0 Å². The number of carbonyl (C=O) groups excluding carboxylic acids is 5. The summed E-state index contributed by atoms with van der Waals surface area (Å²) in [6, 6.07) is 1.87. The topological polar surface area (TPSA) is 177 Å². The van der Waals surface area contributed by atoms with Gasteiger partial charge in [-0.05, 0) is 61.0 Å². The van der Waals surface area contributed by atoms with Crippen molar-refractivity contribution in [2.75, 3.05) is 13.2 Å². The number of hydrogen-bond acceptors (Lipinski definition) is 8. The molecular weight excluding hydrogens is 508 g/mol. The van der Waals surface area contributed by atoms with Crippen LogP contribution >= 0.6 is 0 Å². The van der Waals surface area contributed by atoms with Crippen LogP contribution < -0.4 is 16.4 Å². The largest absolute Gasteiger partial charge is 0.507 e. The first kappa shape index (κ1) is 33.2. The molecule has 2 unspecified atom stereocenters. The minimum absolute atomic E-state index is 0.0895. The summed E-state index contributed by atoms with van der Waals surface area (Å²) >= 11 is 0. The third kappa shape index (κ3) is 10.5. The Kier molecular flexibility index (Phi) is 11.8. The summed E-state index contributed by atoms with van der Waals surface area (Å²) in [5, 5.41) is 15.9. The number of alkyl carbamates (subject to hydrolysis) is 1. The number of nitrogens with two attached hydrogens (primary N) is 1. The van der Waals surface area contributed by atoms with Crippen LogP contribution in [0.4, 0.5) is 4.79 Å². The third-order valence-corrected chi connectivity index (χ3v) is 5.36. The zero-order valence-electron chi connectivity index (χ0n) is 24.0. The van der Waals surface area contributed by atoms with Crippen molar-refractivity contribution in [2.24, 2.45) is 5.73 Å². The number of benzene rings is 1. The fourth-order valence-corrected chi connectivity index (χ4v) is 3.78. The molecule has 0 bridgehead atoms. The normalized spacial score (nSPS) is 13.0. The van der Waals surface area contributed by atoms with E-state index in [-0.39, 0.29) is 30.9 Å². The first-order valence-electron chi connectivity index (χ1n) is 12.7. The van der Waals surface area contributed by atoms with Crippen LogP contribution in [-0.2, 0) is 28.7 Å². The van der Waals surface area contributed by atoms with Gasteiger partial charge in [0, 0.05) is 17.6 Å². The molecule has 1 rings (SSSR count). The Morgan fingerprint density at radius 1 is 1.08 bits per heavy atom. The highest BCUT2D eigenvalue weighted by Gasteiger charge is 2.43. The first-order valence-corrected chi connectivity index (χ1v) is 12.7. The molecular formula is C27H42N4O8. The molecule has 12 heteroatoms. The molecule has 0 spiro atoms. The van der Waals surface area contributed by atoms with Crippen molar-refractivity contribution in [3.63, 3.8) is 0 Å². The van der Waals surface area contributed by atoms with Crippen LogP contribution in [0.2, 0.25) is 0 Å². The summed E-state index contributed by atoms with van der Waals surface area (Å²) in [6.07, 6.45) is -1.63. The Bertz CT molecular complexity index is 1060. The smallest absolute Gasteiger partial charge is 0.408 e. The summed E-state index contributed by atoms with van der Waals surface area (Å²) in [7, 11) is 0. The van der Waals surface area contributed by atoms with Gasteiger partial charge in [0.05, 0.1) is 19.4 Å². The number of primary amides is 1. The lowest BCUT2D eigenvalue weighted by Gasteiger charge is -2.43. The molecule has 0 saturated heterocycles. The van der Waals surface area contributed by atoms with Gasteiger partial charge in [0.15, 0.2) is 0 Å². The van der Waals surface area contributed by atoms with Gasteiger partial charge in [0.1, 0.15) is 23.4 Å². The fourth-order valence-electron chi connectivity index (χ4n) is 3.78. The number of hydrogen-bond donors (Lipinski definition) is 4. The van der Waals surface area contributed by atoms with Crippen LogP contribution in [0.5, 0.6) is 5.75 Å². The summed E-state index contributed by atoms with van der Waals surface area (Å²) in [5.41, 5.74) is 4.00. The lowest BCUT2D eigenvalue weighted by molar-refractivity contribution is -0.149. The minimum atomic E-state index is -1.47. The van der Waals surface area contributed by atoms with Gasteiger partial charge in [0.25, 0.3) is 0 Å². The molecule has 218 valence electrons. The molecule has 12 nitrogen and oxygen atoms in total. The zero-order chi connectivity index (χ0) is 30.1. The SMILES string of the molecule is CCOC(=O)CCNC(=O)C(c1cccc(C)c1O)N(C(=O)C(CC(N)=O)NC(=O)OC(C)(C)C)C(C)(C)C. The summed E-state index contributed by atoms with van der Waals surface area (Å²) in [4.78, 5) is 65.0. The number of nitrogens with one attached hydrogen (secondary N) is 2. The highest BCUT2D eigenvalue weighted by atomic mass is 16.6. The number of phenolic OH excluding ortho intramolecular Hbond substituents is 1. The highest BCUT2D eigenvalue weighted by Crippen LogP contribution is 2.36.